The molecular weight excluding hydrogens is 274 g/mol. The van der Waals surface area contributed by atoms with Gasteiger partial charge in [0, 0.05) is 11.6 Å². The van der Waals surface area contributed by atoms with Gasteiger partial charge in [-0.1, -0.05) is 5.16 Å². The van der Waals surface area contributed by atoms with Crippen molar-refractivity contribution in [2.75, 3.05) is 6.79 Å². The fourth-order valence-electron chi connectivity index (χ4n) is 2.15. The Morgan fingerprint density at radius 1 is 1.24 bits per heavy atom. The number of hydrogen-bond donors (Lipinski definition) is 0. The Labute approximate surface area is 120 Å². The van der Waals surface area contributed by atoms with Crippen LogP contribution in [0.1, 0.15) is 18.5 Å². The second kappa shape index (κ2) is 4.80. The molecule has 1 fully saturated rings. The lowest BCUT2D eigenvalue weighted by Crippen LogP contribution is -2.06. The maximum Gasteiger partial charge on any atom is 0.309 e. The van der Waals surface area contributed by atoms with E-state index in [0.717, 1.165) is 24.2 Å². The van der Waals surface area contributed by atoms with Crippen LogP contribution in [0.2, 0.25) is 0 Å². The number of esters is 1. The monoisotopic (exact) mass is 287 g/mol. The molecule has 2 heterocycles. The van der Waals surface area contributed by atoms with Gasteiger partial charge in [-0.25, -0.2) is 0 Å². The smallest absolute Gasteiger partial charge is 0.309 e. The van der Waals surface area contributed by atoms with E-state index in [2.05, 4.69) is 5.16 Å². The van der Waals surface area contributed by atoms with Crippen LogP contribution in [-0.2, 0) is 16.1 Å². The molecule has 1 aliphatic heterocycles. The van der Waals surface area contributed by atoms with E-state index in [1.165, 1.54) is 0 Å². The van der Waals surface area contributed by atoms with Crippen LogP contribution < -0.4 is 9.47 Å². The third-order valence-corrected chi connectivity index (χ3v) is 3.49. The van der Waals surface area contributed by atoms with Gasteiger partial charge >= 0.3 is 5.97 Å². The largest absolute Gasteiger partial charge is 0.459 e. The van der Waals surface area contributed by atoms with Crippen molar-refractivity contribution >= 4 is 5.97 Å². The first-order valence-electron chi connectivity index (χ1n) is 6.82. The standard InChI is InChI=1S/C15H13NO5/c17-15(9-1-2-9)18-7-11-6-13(21-16-11)10-3-4-12-14(5-10)20-8-19-12/h3-6,9H,1-2,7-8H2. The molecule has 0 radical (unpaired) electrons. The molecule has 0 spiro atoms. The average Bonchev–Trinajstić information content (AvgIpc) is 3.07. The number of rotatable bonds is 4. The van der Waals surface area contributed by atoms with Crippen LogP contribution in [0, 0.1) is 5.92 Å². The molecule has 1 saturated carbocycles. The van der Waals surface area contributed by atoms with Crippen molar-refractivity contribution in [1.82, 2.24) is 5.16 Å². The van der Waals surface area contributed by atoms with Gasteiger partial charge in [0.25, 0.3) is 0 Å². The fourth-order valence-corrected chi connectivity index (χ4v) is 2.15. The van der Waals surface area contributed by atoms with Gasteiger partial charge in [-0.3, -0.25) is 4.79 Å². The second-order valence-electron chi connectivity index (χ2n) is 5.13. The first kappa shape index (κ1) is 12.3. The lowest BCUT2D eigenvalue weighted by molar-refractivity contribution is -0.146. The first-order valence-corrected chi connectivity index (χ1v) is 6.82. The number of hydrogen-bond acceptors (Lipinski definition) is 6. The van der Waals surface area contributed by atoms with Gasteiger partial charge in [-0.15, -0.1) is 0 Å². The molecule has 0 saturated heterocycles. The van der Waals surface area contributed by atoms with E-state index in [1.807, 2.05) is 18.2 Å². The van der Waals surface area contributed by atoms with Crippen molar-refractivity contribution in [2.45, 2.75) is 19.4 Å². The van der Waals surface area contributed by atoms with Crippen LogP contribution >= 0.6 is 0 Å². The summed E-state index contributed by atoms with van der Waals surface area (Å²) in [6.45, 7) is 0.376. The Balaban J connectivity index is 1.47. The zero-order valence-electron chi connectivity index (χ0n) is 11.2. The predicted octanol–water partition coefficient (Wildman–Crippen LogP) is 2.52. The number of ether oxygens (including phenoxy) is 3. The number of nitrogens with zero attached hydrogens (tertiary/aromatic N) is 1. The maximum atomic E-state index is 11.5. The Morgan fingerprint density at radius 2 is 2.10 bits per heavy atom. The molecule has 4 rings (SSSR count). The second-order valence-corrected chi connectivity index (χ2v) is 5.13. The number of carbonyl (C=O) groups excluding carboxylic acids is 1. The minimum atomic E-state index is -0.150. The molecular formula is C15H13NO5. The van der Waals surface area contributed by atoms with Crippen LogP contribution in [0.15, 0.2) is 28.8 Å². The molecule has 0 unspecified atom stereocenters. The first-order chi connectivity index (χ1) is 10.3. The lowest BCUT2D eigenvalue weighted by atomic mass is 10.1. The molecule has 0 atom stereocenters. The Kier molecular flexibility index (Phi) is 2.80. The molecule has 0 bridgehead atoms. The predicted molar refractivity (Wildman–Crippen MR) is 70.6 cm³/mol. The number of benzene rings is 1. The highest BCUT2D eigenvalue weighted by Crippen LogP contribution is 2.36. The molecule has 108 valence electrons. The van der Waals surface area contributed by atoms with Crippen LogP contribution in [0.3, 0.4) is 0 Å². The summed E-state index contributed by atoms with van der Waals surface area (Å²) in [5, 5.41) is 3.91. The summed E-state index contributed by atoms with van der Waals surface area (Å²) >= 11 is 0. The quantitative estimate of drug-likeness (QED) is 0.805. The molecule has 2 aliphatic rings. The summed E-state index contributed by atoms with van der Waals surface area (Å²) < 4.78 is 21.0. The highest BCUT2D eigenvalue weighted by molar-refractivity contribution is 5.74. The number of fused-ring (bicyclic) bond motifs is 1. The zero-order chi connectivity index (χ0) is 14.2. The Bertz CT molecular complexity index is 689. The van der Waals surface area contributed by atoms with Crippen molar-refractivity contribution in [3.8, 4) is 22.8 Å². The molecule has 21 heavy (non-hydrogen) atoms. The van der Waals surface area contributed by atoms with Gasteiger partial charge in [0.05, 0.1) is 5.92 Å². The van der Waals surface area contributed by atoms with Gasteiger partial charge in [0.1, 0.15) is 12.3 Å². The molecule has 1 aromatic carbocycles. The average molecular weight is 287 g/mol. The van der Waals surface area contributed by atoms with E-state index in [0.29, 0.717) is 17.2 Å². The summed E-state index contributed by atoms with van der Waals surface area (Å²) in [5.74, 6) is 1.95. The zero-order valence-corrected chi connectivity index (χ0v) is 11.2. The SMILES string of the molecule is O=C(OCc1cc(-c2ccc3c(c2)OCO3)on1)C1CC1. The topological polar surface area (TPSA) is 70.8 Å². The normalized spacial score (nSPS) is 16.0. The summed E-state index contributed by atoms with van der Waals surface area (Å²) in [5.41, 5.74) is 1.43. The van der Waals surface area contributed by atoms with Crippen molar-refractivity contribution in [3.63, 3.8) is 0 Å². The minimum Gasteiger partial charge on any atom is -0.459 e. The molecule has 6 nitrogen and oxygen atoms in total. The van der Waals surface area contributed by atoms with Crippen molar-refractivity contribution in [2.24, 2.45) is 5.92 Å². The molecule has 0 N–H and O–H groups in total. The van der Waals surface area contributed by atoms with Crippen LogP contribution in [0.5, 0.6) is 11.5 Å². The van der Waals surface area contributed by atoms with Gasteiger partial charge in [-0.05, 0) is 31.0 Å². The van der Waals surface area contributed by atoms with Crippen molar-refractivity contribution < 1.29 is 23.5 Å². The summed E-state index contributed by atoms with van der Waals surface area (Å²) in [6.07, 6.45) is 1.86. The number of aromatic nitrogens is 1. The molecule has 0 amide bonds. The van der Waals surface area contributed by atoms with Crippen LogP contribution in [0.25, 0.3) is 11.3 Å². The molecule has 1 aromatic heterocycles. The molecule has 2 aromatic rings. The van der Waals surface area contributed by atoms with Gasteiger partial charge in [0.2, 0.25) is 6.79 Å². The molecule has 1 aliphatic carbocycles. The van der Waals surface area contributed by atoms with Crippen molar-refractivity contribution in [3.05, 3.63) is 30.0 Å². The van der Waals surface area contributed by atoms with E-state index in [-0.39, 0.29) is 25.3 Å². The van der Waals surface area contributed by atoms with E-state index < -0.39 is 0 Å². The molecule has 6 heteroatoms. The van der Waals surface area contributed by atoms with E-state index in [1.54, 1.807) is 6.07 Å². The fraction of sp³-hybridized carbons (Fsp3) is 0.333. The van der Waals surface area contributed by atoms with Crippen molar-refractivity contribution in [1.29, 1.82) is 0 Å². The summed E-state index contributed by atoms with van der Waals surface area (Å²) in [6, 6.07) is 7.29. The van der Waals surface area contributed by atoms with Gasteiger partial charge in [0.15, 0.2) is 17.3 Å². The maximum absolute atomic E-state index is 11.5. The highest BCUT2D eigenvalue weighted by Gasteiger charge is 2.31. The van der Waals surface area contributed by atoms with Gasteiger partial charge < -0.3 is 18.7 Å². The summed E-state index contributed by atoms with van der Waals surface area (Å²) in [7, 11) is 0. The number of carbonyl (C=O) groups is 1. The van der Waals surface area contributed by atoms with E-state index >= 15 is 0 Å². The van der Waals surface area contributed by atoms with Crippen LogP contribution in [-0.4, -0.2) is 17.9 Å². The minimum absolute atomic E-state index is 0.0882. The Morgan fingerprint density at radius 3 is 2.95 bits per heavy atom. The highest BCUT2D eigenvalue weighted by atomic mass is 16.7. The van der Waals surface area contributed by atoms with Crippen LogP contribution in [0.4, 0.5) is 0 Å². The van der Waals surface area contributed by atoms with E-state index in [4.69, 9.17) is 18.7 Å². The summed E-state index contributed by atoms with van der Waals surface area (Å²) in [4.78, 5) is 11.5. The van der Waals surface area contributed by atoms with E-state index in [9.17, 15) is 4.79 Å². The van der Waals surface area contributed by atoms with Gasteiger partial charge in [-0.2, -0.15) is 0 Å². The third-order valence-electron chi connectivity index (χ3n) is 3.49. The third kappa shape index (κ3) is 2.44. The lowest BCUT2D eigenvalue weighted by Gasteiger charge is -1.99. The Hall–Kier alpha value is -2.50.